The van der Waals surface area contributed by atoms with Crippen LogP contribution in [0.5, 0.6) is 0 Å². The van der Waals surface area contributed by atoms with Gasteiger partial charge in [0.1, 0.15) is 0 Å². The number of methoxy groups -OCH3 is 1. The van der Waals surface area contributed by atoms with E-state index in [1.54, 1.807) is 18.4 Å². The summed E-state index contributed by atoms with van der Waals surface area (Å²) in [5.74, 6) is 0. The van der Waals surface area contributed by atoms with Gasteiger partial charge in [-0.25, -0.2) is 0 Å². The number of nitrogens with one attached hydrogen (secondary N) is 1. The number of thiophene rings is 1. The minimum atomic E-state index is 0.386. The summed E-state index contributed by atoms with van der Waals surface area (Å²) in [5, 5.41) is 5.52. The summed E-state index contributed by atoms with van der Waals surface area (Å²) in [6, 6.07) is 2.16. The molecule has 0 radical (unpaired) electrons. The van der Waals surface area contributed by atoms with Gasteiger partial charge in [-0.15, -0.1) is 11.3 Å². The maximum atomic E-state index is 5.91. The Hall–Kier alpha value is 0.0600. The molecule has 1 heterocycles. The van der Waals surface area contributed by atoms with Crippen molar-refractivity contribution >= 4 is 27.3 Å². The lowest BCUT2D eigenvalue weighted by Crippen LogP contribution is -2.29. The summed E-state index contributed by atoms with van der Waals surface area (Å²) in [6.07, 6.45) is 5.42. The molecule has 3 nitrogen and oxygen atoms in total. The third-order valence-electron chi connectivity index (χ3n) is 3.46. The van der Waals surface area contributed by atoms with Crippen molar-refractivity contribution in [2.45, 2.75) is 44.4 Å². The maximum absolute atomic E-state index is 5.91. The second kappa shape index (κ2) is 8.37. The van der Waals surface area contributed by atoms with Crippen LogP contribution in [0.2, 0.25) is 0 Å². The van der Waals surface area contributed by atoms with E-state index in [9.17, 15) is 0 Å². The van der Waals surface area contributed by atoms with Crippen LogP contribution in [0.1, 0.15) is 30.6 Å². The van der Waals surface area contributed by atoms with Crippen LogP contribution in [0.3, 0.4) is 0 Å². The SMILES string of the molecule is COC1CCCC(OCCNCc2cc(Br)cs2)C1. The predicted octanol–water partition coefficient (Wildman–Crippen LogP) is 3.57. The molecule has 1 aliphatic rings. The molecule has 1 fully saturated rings. The first-order chi connectivity index (χ1) is 9.28. The molecule has 1 saturated carbocycles. The van der Waals surface area contributed by atoms with Gasteiger partial charge in [0.15, 0.2) is 0 Å². The van der Waals surface area contributed by atoms with E-state index in [2.05, 4.69) is 32.7 Å². The van der Waals surface area contributed by atoms with Gasteiger partial charge in [0.05, 0.1) is 18.8 Å². The molecular weight excluding hydrogens is 326 g/mol. The number of halogens is 1. The molecule has 2 rings (SSSR count). The molecule has 1 aliphatic carbocycles. The van der Waals surface area contributed by atoms with Crippen molar-refractivity contribution in [2.24, 2.45) is 0 Å². The lowest BCUT2D eigenvalue weighted by atomic mass is 9.95. The lowest BCUT2D eigenvalue weighted by Gasteiger charge is -2.28. The van der Waals surface area contributed by atoms with Crippen LogP contribution in [0.25, 0.3) is 0 Å². The highest BCUT2D eigenvalue weighted by Gasteiger charge is 2.21. The zero-order valence-electron chi connectivity index (χ0n) is 11.4. The Kier molecular flexibility index (Phi) is 6.81. The van der Waals surface area contributed by atoms with Crippen molar-refractivity contribution in [1.82, 2.24) is 5.32 Å². The average Bonchev–Trinajstić information content (AvgIpc) is 2.84. The van der Waals surface area contributed by atoms with Crippen LogP contribution < -0.4 is 5.32 Å². The molecule has 0 aliphatic heterocycles. The highest BCUT2D eigenvalue weighted by Crippen LogP contribution is 2.23. The molecule has 0 aromatic carbocycles. The van der Waals surface area contributed by atoms with E-state index in [1.807, 2.05) is 0 Å². The first-order valence-electron chi connectivity index (χ1n) is 6.86. The predicted molar refractivity (Wildman–Crippen MR) is 82.7 cm³/mol. The largest absolute Gasteiger partial charge is 0.381 e. The zero-order chi connectivity index (χ0) is 13.5. The van der Waals surface area contributed by atoms with Gasteiger partial charge >= 0.3 is 0 Å². The fraction of sp³-hybridized carbons (Fsp3) is 0.714. The smallest absolute Gasteiger partial charge is 0.0600 e. The standard InChI is InChI=1S/C14H22BrNO2S/c1-17-12-3-2-4-13(8-12)18-6-5-16-9-14-7-11(15)10-19-14/h7,10,12-13,16H,2-6,8-9H2,1H3. The van der Waals surface area contributed by atoms with Gasteiger partial charge in [-0.05, 0) is 47.7 Å². The first kappa shape index (κ1) is 15.4. The Balaban J connectivity index is 1.54. The summed E-state index contributed by atoms with van der Waals surface area (Å²) >= 11 is 5.24. The Labute approximate surface area is 127 Å². The molecule has 0 amide bonds. The average molecular weight is 348 g/mol. The molecule has 108 valence electrons. The van der Waals surface area contributed by atoms with E-state index in [4.69, 9.17) is 9.47 Å². The third kappa shape index (κ3) is 5.52. The Bertz CT molecular complexity index is 372. The second-order valence-electron chi connectivity index (χ2n) is 4.93. The van der Waals surface area contributed by atoms with E-state index in [1.165, 1.54) is 28.6 Å². The molecule has 0 saturated heterocycles. The number of hydrogen-bond acceptors (Lipinski definition) is 4. The minimum Gasteiger partial charge on any atom is -0.381 e. The number of ether oxygens (including phenoxy) is 2. The summed E-state index contributed by atoms with van der Waals surface area (Å²) < 4.78 is 12.5. The fourth-order valence-electron chi connectivity index (χ4n) is 2.42. The molecule has 1 aromatic heterocycles. The van der Waals surface area contributed by atoms with Gasteiger partial charge in [0.25, 0.3) is 0 Å². The van der Waals surface area contributed by atoms with Gasteiger partial charge in [-0.1, -0.05) is 0 Å². The number of rotatable bonds is 7. The van der Waals surface area contributed by atoms with E-state index in [0.717, 1.165) is 26.1 Å². The van der Waals surface area contributed by atoms with Crippen molar-refractivity contribution in [2.75, 3.05) is 20.3 Å². The Morgan fingerprint density at radius 1 is 1.42 bits per heavy atom. The van der Waals surface area contributed by atoms with Crippen molar-refractivity contribution in [1.29, 1.82) is 0 Å². The van der Waals surface area contributed by atoms with Crippen LogP contribution in [0.15, 0.2) is 15.9 Å². The van der Waals surface area contributed by atoms with Crippen molar-refractivity contribution < 1.29 is 9.47 Å². The molecule has 5 heteroatoms. The summed E-state index contributed by atoms with van der Waals surface area (Å²) in [6.45, 7) is 2.61. The van der Waals surface area contributed by atoms with E-state index >= 15 is 0 Å². The van der Waals surface area contributed by atoms with Gasteiger partial charge in [0.2, 0.25) is 0 Å². The van der Waals surface area contributed by atoms with Crippen LogP contribution in [0, 0.1) is 0 Å². The molecule has 0 bridgehead atoms. The first-order valence-corrected chi connectivity index (χ1v) is 8.53. The van der Waals surface area contributed by atoms with Crippen LogP contribution in [-0.4, -0.2) is 32.5 Å². The third-order valence-corrected chi connectivity index (χ3v) is 5.16. The van der Waals surface area contributed by atoms with Crippen molar-refractivity contribution in [3.63, 3.8) is 0 Å². The van der Waals surface area contributed by atoms with Crippen LogP contribution in [-0.2, 0) is 16.0 Å². The zero-order valence-corrected chi connectivity index (χ0v) is 13.8. The van der Waals surface area contributed by atoms with Gasteiger partial charge in [-0.3, -0.25) is 0 Å². The maximum Gasteiger partial charge on any atom is 0.0600 e. The normalized spacial score (nSPS) is 23.7. The van der Waals surface area contributed by atoms with E-state index in [-0.39, 0.29) is 0 Å². The van der Waals surface area contributed by atoms with Gasteiger partial charge in [-0.2, -0.15) is 0 Å². The summed E-state index contributed by atoms with van der Waals surface area (Å²) in [7, 11) is 1.80. The van der Waals surface area contributed by atoms with Gasteiger partial charge in [0, 0.05) is 34.9 Å². The topological polar surface area (TPSA) is 30.5 Å². The summed E-state index contributed by atoms with van der Waals surface area (Å²) in [4.78, 5) is 1.35. The van der Waals surface area contributed by atoms with Gasteiger partial charge < -0.3 is 14.8 Å². The van der Waals surface area contributed by atoms with Crippen LogP contribution >= 0.6 is 27.3 Å². The lowest BCUT2D eigenvalue weighted by molar-refractivity contribution is -0.0282. The molecule has 2 atom stereocenters. The molecule has 1 N–H and O–H groups in total. The molecular formula is C14H22BrNO2S. The van der Waals surface area contributed by atoms with Crippen LogP contribution in [0.4, 0.5) is 0 Å². The van der Waals surface area contributed by atoms with Crippen molar-refractivity contribution in [3.05, 3.63) is 20.8 Å². The Morgan fingerprint density at radius 3 is 3.00 bits per heavy atom. The monoisotopic (exact) mass is 347 g/mol. The molecule has 19 heavy (non-hydrogen) atoms. The molecule has 0 spiro atoms. The fourth-order valence-corrected chi connectivity index (χ4v) is 3.84. The van der Waals surface area contributed by atoms with E-state index in [0.29, 0.717) is 12.2 Å². The molecule has 1 aromatic rings. The number of hydrogen-bond donors (Lipinski definition) is 1. The Morgan fingerprint density at radius 2 is 2.26 bits per heavy atom. The van der Waals surface area contributed by atoms with E-state index < -0.39 is 0 Å². The van der Waals surface area contributed by atoms with Crippen molar-refractivity contribution in [3.8, 4) is 0 Å². The quantitative estimate of drug-likeness (QED) is 0.764. The summed E-state index contributed by atoms with van der Waals surface area (Å²) in [5.41, 5.74) is 0. The highest BCUT2D eigenvalue weighted by atomic mass is 79.9. The highest BCUT2D eigenvalue weighted by molar-refractivity contribution is 9.10. The molecule has 2 unspecified atom stereocenters. The second-order valence-corrected chi connectivity index (χ2v) is 6.84. The minimum absolute atomic E-state index is 0.386.